The van der Waals surface area contributed by atoms with Crippen LogP contribution in [0.3, 0.4) is 0 Å². The molecular weight excluding hydrogens is 271 g/mol. The van der Waals surface area contributed by atoms with E-state index in [1.54, 1.807) is 0 Å². The summed E-state index contributed by atoms with van der Waals surface area (Å²) in [5.74, 6) is 0.255. The SMILES string of the molecule is CC(C)(C)NC(=O)NCC1CCN(CC(F)(F)F)CC1. The van der Waals surface area contributed by atoms with Gasteiger partial charge in [-0.1, -0.05) is 0 Å². The number of alkyl halides is 3. The van der Waals surface area contributed by atoms with Crippen LogP contribution in [0.5, 0.6) is 0 Å². The predicted octanol–water partition coefficient (Wildman–Crippen LogP) is 2.36. The number of carbonyl (C=O) groups is 1. The van der Waals surface area contributed by atoms with Crippen LogP contribution in [0, 0.1) is 5.92 Å². The summed E-state index contributed by atoms with van der Waals surface area (Å²) in [5, 5.41) is 5.57. The van der Waals surface area contributed by atoms with Gasteiger partial charge in [0, 0.05) is 12.1 Å². The number of urea groups is 1. The van der Waals surface area contributed by atoms with Gasteiger partial charge in [0.2, 0.25) is 0 Å². The van der Waals surface area contributed by atoms with Gasteiger partial charge in [-0.2, -0.15) is 13.2 Å². The minimum absolute atomic E-state index is 0.227. The van der Waals surface area contributed by atoms with Gasteiger partial charge >= 0.3 is 12.2 Å². The van der Waals surface area contributed by atoms with E-state index in [-0.39, 0.29) is 17.5 Å². The van der Waals surface area contributed by atoms with Crippen molar-refractivity contribution in [2.45, 2.75) is 45.3 Å². The quantitative estimate of drug-likeness (QED) is 0.839. The number of hydrogen-bond donors (Lipinski definition) is 2. The zero-order valence-corrected chi connectivity index (χ0v) is 12.3. The van der Waals surface area contributed by atoms with Crippen molar-refractivity contribution >= 4 is 6.03 Å². The molecule has 4 nitrogen and oxygen atoms in total. The number of piperidine rings is 1. The van der Waals surface area contributed by atoms with Crippen molar-refractivity contribution in [3.05, 3.63) is 0 Å². The van der Waals surface area contributed by atoms with Gasteiger partial charge in [0.05, 0.1) is 6.54 Å². The second-order valence-corrected chi connectivity index (χ2v) is 6.42. The van der Waals surface area contributed by atoms with E-state index in [0.717, 1.165) is 0 Å². The first-order valence-electron chi connectivity index (χ1n) is 6.90. The highest BCUT2D eigenvalue weighted by atomic mass is 19.4. The highest BCUT2D eigenvalue weighted by Crippen LogP contribution is 2.22. The van der Waals surface area contributed by atoms with Crippen LogP contribution in [0.4, 0.5) is 18.0 Å². The third kappa shape index (κ3) is 7.57. The van der Waals surface area contributed by atoms with Crippen molar-refractivity contribution < 1.29 is 18.0 Å². The summed E-state index contributed by atoms with van der Waals surface area (Å²) in [6, 6.07) is -0.227. The fraction of sp³-hybridized carbons (Fsp3) is 0.923. The Hall–Kier alpha value is -0.980. The first-order chi connectivity index (χ1) is 9.05. The Morgan fingerprint density at radius 3 is 2.20 bits per heavy atom. The van der Waals surface area contributed by atoms with E-state index in [9.17, 15) is 18.0 Å². The molecule has 2 amide bonds. The van der Waals surface area contributed by atoms with Crippen molar-refractivity contribution in [2.24, 2.45) is 5.92 Å². The van der Waals surface area contributed by atoms with Gasteiger partial charge in [0.1, 0.15) is 0 Å². The molecule has 0 aromatic heterocycles. The number of halogens is 3. The highest BCUT2D eigenvalue weighted by molar-refractivity contribution is 5.74. The molecule has 2 N–H and O–H groups in total. The lowest BCUT2D eigenvalue weighted by Gasteiger charge is -2.32. The van der Waals surface area contributed by atoms with Gasteiger partial charge < -0.3 is 10.6 Å². The average Bonchev–Trinajstić information content (AvgIpc) is 2.23. The second kappa shape index (κ2) is 6.65. The molecule has 1 rings (SSSR count). The summed E-state index contributed by atoms with van der Waals surface area (Å²) in [5.41, 5.74) is -0.292. The van der Waals surface area contributed by atoms with Crippen LogP contribution in [-0.4, -0.2) is 48.8 Å². The van der Waals surface area contributed by atoms with Crippen molar-refractivity contribution in [3.63, 3.8) is 0 Å². The maximum atomic E-state index is 12.2. The Bertz CT molecular complexity index is 318. The normalized spacial score (nSPS) is 18.9. The van der Waals surface area contributed by atoms with E-state index in [1.807, 2.05) is 20.8 Å². The maximum Gasteiger partial charge on any atom is 0.401 e. The Morgan fingerprint density at radius 2 is 1.75 bits per heavy atom. The largest absolute Gasteiger partial charge is 0.401 e. The highest BCUT2D eigenvalue weighted by Gasteiger charge is 2.32. The number of amides is 2. The molecule has 0 aromatic rings. The lowest BCUT2D eigenvalue weighted by atomic mass is 9.97. The third-order valence-electron chi connectivity index (χ3n) is 3.15. The average molecular weight is 295 g/mol. The van der Waals surface area contributed by atoms with Crippen LogP contribution in [0.15, 0.2) is 0 Å². The van der Waals surface area contributed by atoms with E-state index in [2.05, 4.69) is 10.6 Å². The summed E-state index contributed by atoms with van der Waals surface area (Å²) >= 11 is 0. The van der Waals surface area contributed by atoms with Crippen LogP contribution in [-0.2, 0) is 0 Å². The summed E-state index contributed by atoms with van der Waals surface area (Å²) < 4.78 is 36.7. The standard InChI is InChI=1S/C13H24F3N3O/c1-12(2,3)18-11(20)17-8-10-4-6-19(7-5-10)9-13(14,15)16/h10H,4-9H2,1-3H3,(H2,17,18,20). The van der Waals surface area contributed by atoms with E-state index in [0.29, 0.717) is 32.5 Å². The van der Waals surface area contributed by atoms with Gasteiger partial charge in [-0.3, -0.25) is 4.90 Å². The van der Waals surface area contributed by atoms with Crippen LogP contribution >= 0.6 is 0 Å². The Labute approximate surface area is 118 Å². The van der Waals surface area contributed by atoms with Gasteiger partial charge in [-0.05, 0) is 52.6 Å². The Kier molecular flexibility index (Phi) is 5.68. The van der Waals surface area contributed by atoms with Crippen molar-refractivity contribution in [1.82, 2.24) is 15.5 Å². The van der Waals surface area contributed by atoms with E-state index in [4.69, 9.17) is 0 Å². The van der Waals surface area contributed by atoms with Crippen molar-refractivity contribution in [3.8, 4) is 0 Å². The molecule has 1 aliphatic rings. The minimum atomic E-state index is -4.13. The van der Waals surface area contributed by atoms with Gasteiger partial charge in [0.25, 0.3) is 0 Å². The van der Waals surface area contributed by atoms with Crippen LogP contribution < -0.4 is 10.6 Å². The van der Waals surface area contributed by atoms with E-state index < -0.39 is 12.7 Å². The smallest absolute Gasteiger partial charge is 0.338 e. The van der Waals surface area contributed by atoms with Crippen molar-refractivity contribution in [2.75, 3.05) is 26.2 Å². The number of likely N-dealkylation sites (tertiary alicyclic amines) is 1. The number of carbonyl (C=O) groups excluding carboxylic acids is 1. The van der Waals surface area contributed by atoms with Crippen LogP contribution in [0.1, 0.15) is 33.6 Å². The molecule has 1 aliphatic heterocycles. The summed E-state index contributed by atoms with van der Waals surface area (Å²) in [6.45, 7) is 6.23. The molecule has 0 spiro atoms. The van der Waals surface area contributed by atoms with Gasteiger partial charge in [-0.15, -0.1) is 0 Å². The Morgan fingerprint density at radius 1 is 1.20 bits per heavy atom. The zero-order valence-electron chi connectivity index (χ0n) is 12.3. The molecule has 118 valence electrons. The maximum absolute atomic E-state index is 12.2. The number of nitrogens with one attached hydrogen (secondary N) is 2. The molecule has 0 unspecified atom stereocenters. The predicted molar refractivity (Wildman–Crippen MR) is 71.5 cm³/mol. The fourth-order valence-electron chi connectivity index (χ4n) is 2.22. The van der Waals surface area contributed by atoms with E-state index in [1.165, 1.54) is 4.90 Å². The summed E-state index contributed by atoms with van der Waals surface area (Å²) in [4.78, 5) is 13.0. The first kappa shape index (κ1) is 17.1. The number of nitrogens with zero attached hydrogens (tertiary/aromatic N) is 1. The summed E-state index contributed by atoms with van der Waals surface area (Å²) in [7, 11) is 0. The summed E-state index contributed by atoms with van der Waals surface area (Å²) in [6.07, 6.45) is -2.75. The topological polar surface area (TPSA) is 44.4 Å². The molecule has 1 saturated heterocycles. The molecule has 0 bridgehead atoms. The minimum Gasteiger partial charge on any atom is -0.338 e. The van der Waals surface area contributed by atoms with Gasteiger partial charge in [-0.25, -0.2) is 4.79 Å². The number of hydrogen-bond acceptors (Lipinski definition) is 2. The number of rotatable bonds is 3. The molecule has 7 heteroatoms. The molecular formula is C13H24F3N3O. The molecule has 0 radical (unpaired) electrons. The van der Waals surface area contributed by atoms with E-state index >= 15 is 0 Å². The van der Waals surface area contributed by atoms with Crippen molar-refractivity contribution in [1.29, 1.82) is 0 Å². The molecule has 0 aromatic carbocycles. The van der Waals surface area contributed by atoms with Crippen LogP contribution in [0.2, 0.25) is 0 Å². The van der Waals surface area contributed by atoms with Crippen LogP contribution in [0.25, 0.3) is 0 Å². The third-order valence-corrected chi connectivity index (χ3v) is 3.15. The molecule has 1 fully saturated rings. The Balaban J connectivity index is 2.21. The first-order valence-corrected chi connectivity index (χ1v) is 6.90. The fourth-order valence-corrected chi connectivity index (χ4v) is 2.22. The zero-order chi connectivity index (χ0) is 15.4. The molecule has 1 heterocycles. The molecule has 0 saturated carbocycles. The second-order valence-electron chi connectivity index (χ2n) is 6.42. The lowest BCUT2D eigenvalue weighted by Crippen LogP contribution is -2.48. The van der Waals surface area contributed by atoms with Gasteiger partial charge in [0.15, 0.2) is 0 Å². The molecule has 20 heavy (non-hydrogen) atoms. The molecule has 0 atom stereocenters. The monoisotopic (exact) mass is 295 g/mol. The molecule has 0 aliphatic carbocycles. The lowest BCUT2D eigenvalue weighted by molar-refractivity contribution is -0.148.